The Balaban J connectivity index is 1.13. The van der Waals surface area contributed by atoms with Gasteiger partial charge in [-0.15, -0.1) is 0 Å². The number of hydrogen-bond acceptors (Lipinski definition) is 5. The van der Waals surface area contributed by atoms with Gasteiger partial charge >= 0.3 is 12.1 Å². The average molecular weight is 577 g/mol. The molecule has 1 unspecified atom stereocenters. The number of ether oxygens (including phenoxy) is 2. The number of benzene rings is 2. The number of nitrogens with zero attached hydrogens (tertiary/aromatic N) is 2. The Morgan fingerprint density at radius 1 is 1.02 bits per heavy atom. The summed E-state index contributed by atoms with van der Waals surface area (Å²) < 4.78 is 65.3. The van der Waals surface area contributed by atoms with E-state index in [1.807, 2.05) is 0 Å². The first-order valence-electron chi connectivity index (χ1n) is 14.0. The van der Waals surface area contributed by atoms with E-state index < -0.39 is 29.2 Å². The van der Waals surface area contributed by atoms with Crippen LogP contribution in [0.2, 0.25) is 0 Å². The molecular weight excluding hydrogens is 544 g/mol. The van der Waals surface area contributed by atoms with Crippen molar-refractivity contribution in [3.8, 4) is 5.75 Å². The number of halogens is 4. The van der Waals surface area contributed by atoms with Crippen LogP contribution >= 0.6 is 0 Å². The predicted octanol–water partition coefficient (Wildman–Crippen LogP) is 5.04. The van der Waals surface area contributed by atoms with Gasteiger partial charge in [-0.25, -0.2) is 4.39 Å². The van der Waals surface area contributed by atoms with Crippen LogP contribution in [-0.2, 0) is 27.0 Å². The van der Waals surface area contributed by atoms with Gasteiger partial charge < -0.3 is 19.5 Å². The van der Waals surface area contributed by atoms with E-state index in [0.717, 1.165) is 30.5 Å². The minimum atomic E-state index is -4.49. The largest absolute Gasteiger partial charge is 0.481 e. The number of alkyl halides is 3. The quantitative estimate of drug-likeness (QED) is 0.503. The molecule has 3 fully saturated rings. The van der Waals surface area contributed by atoms with Crippen molar-refractivity contribution in [1.29, 1.82) is 0 Å². The molecule has 1 aliphatic carbocycles. The van der Waals surface area contributed by atoms with Gasteiger partial charge in [0.25, 0.3) is 5.91 Å². The molecule has 2 saturated heterocycles. The molecule has 6 rings (SSSR count). The molecule has 41 heavy (non-hydrogen) atoms. The maximum absolute atomic E-state index is 13.9. The monoisotopic (exact) mass is 576 g/mol. The number of aliphatic carboxylic acids is 1. The Hall–Kier alpha value is -3.18. The Bertz CT molecular complexity index is 1300. The van der Waals surface area contributed by atoms with Crippen molar-refractivity contribution < 1.29 is 41.7 Å². The highest BCUT2D eigenvalue weighted by molar-refractivity contribution is 5.86. The van der Waals surface area contributed by atoms with Crippen molar-refractivity contribution in [2.45, 2.75) is 62.4 Å². The Labute approximate surface area is 235 Å². The van der Waals surface area contributed by atoms with Crippen LogP contribution in [0, 0.1) is 17.7 Å². The number of rotatable bonds is 5. The number of amides is 1. The molecular formula is C30H32F4N2O5. The van der Waals surface area contributed by atoms with E-state index in [2.05, 4.69) is 4.90 Å². The van der Waals surface area contributed by atoms with Crippen molar-refractivity contribution >= 4 is 11.9 Å². The molecule has 2 aromatic carbocycles. The summed E-state index contributed by atoms with van der Waals surface area (Å²) in [5.41, 5.74) is -0.727. The summed E-state index contributed by atoms with van der Waals surface area (Å²) >= 11 is 0. The highest BCUT2D eigenvalue weighted by Gasteiger charge is 2.56. The van der Waals surface area contributed by atoms with Crippen LogP contribution < -0.4 is 4.74 Å². The minimum absolute atomic E-state index is 0.0105. The number of carbonyl (C=O) groups is 2. The fourth-order valence-corrected chi connectivity index (χ4v) is 6.77. The molecule has 11 heteroatoms. The Morgan fingerprint density at radius 3 is 2.41 bits per heavy atom. The molecule has 0 radical (unpaired) electrons. The SMILES string of the molecule is O=C(O)[C@@H]1CN([C@@H]2CC[C@@](C(=O)N3COc4ccc(C(F)(F)F)cc4C3)(C3CC3)OC2)CCC1c1ccc(F)cc1. The van der Waals surface area contributed by atoms with Crippen molar-refractivity contribution in [2.24, 2.45) is 11.8 Å². The average Bonchev–Trinajstić information content (AvgIpc) is 3.82. The molecule has 220 valence electrons. The van der Waals surface area contributed by atoms with Gasteiger partial charge in [-0.2, -0.15) is 13.2 Å². The van der Waals surface area contributed by atoms with Crippen LogP contribution in [0.1, 0.15) is 54.7 Å². The zero-order chi connectivity index (χ0) is 28.9. The first-order valence-corrected chi connectivity index (χ1v) is 14.0. The van der Waals surface area contributed by atoms with E-state index in [9.17, 15) is 32.3 Å². The number of carbonyl (C=O) groups excluding carboxylic acids is 1. The van der Waals surface area contributed by atoms with Gasteiger partial charge in [-0.3, -0.25) is 14.5 Å². The number of piperidine rings is 1. The summed E-state index contributed by atoms with van der Waals surface area (Å²) in [4.78, 5) is 29.6. The molecule has 1 amide bonds. The molecule has 0 spiro atoms. The van der Waals surface area contributed by atoms with Crippen molar-refractivity contribution in [3.05, 3.63) is 65.0 Å². The lowest BCUT2D eigenvalue weighted by molar-refractivity contribution is -0.181. The third kappa shape index (κ3) is 5.41. The fraction of sp³-hybridized carbons (Fsp3) is 0.533. The maximum Gasteiger partial charge on any atom is 0.416 e. The zero-order valence-electron chi connectivity index (χ0n) is 22.4. The lowest BCUT2D eigenvalue weighted by atomic mass is 9.79. The fourth-order valence-electron chi connectivity index (χ4n) is 6.77. The lowest BCUT2D eigenvalue weighted by Crippen LogP contribution is -2.59. The smallest absolute Gasteiger partial charge is 0.416 e. The first-order chi connectivity index (χ1) is 19.5. The van der Waals surface area contributed by atoms with Crippen LogP contribution in [0.15, 0.2) is 42.5 Å². The van der Waals surface area contributed by atoms with Crippen LogP contribution in [0.5, 0.6) is 5.75 Å². The number of hydrogen-bond donors (Lipinski definition) is 1. The first kappa shape index (κ1) is 28.0. The Morgan fingerprint density at radius 2 is 1.78 bits per heavy atom. The van der Waals surface area contributed by atoms with E-state index in [-0.39, 0.29) is 49.5 Å². The molecule has 3 aliphatic heterocycles. The van der Waals surface area contributed by atoms with Gasteiger partial charge in [0.05, 0.1) is 24.6 Å². The number of likely N-dealkylation sites (tertiary alicyclic amines) is 1. The van der Waals surface area contributed by atoms with E-state index in [0.29, 0.717) is 43.7 Å². The van der Waals surface area contributed by atoms with Gasteiger partial charge in [-0.1, -0.05) is 12.1 Å². The molecule has 1 saturated carbocycles. The standard InChI is InChI=1S/C30H32F4N2O5/c31-22-6-1-18(2-7-22)24-10-12-35(15-25(24)27(37)38)23-9-11-29(41-16-23,20-3-4-20)28(39)36-14-19-13-21(30(32,33)34)5-8-26(19)40-17-36/h1-2,5-8,13,20,23-25H,3-4,9-12,14-17H2,(H,37,38)/t23-,24?,25-,29+/m1/s1. The van der Waals surface area contributed by atoms with Gasteiger partial charge in [0, 0.05) is 18.2 Å². The number of carboxylic acid groups (broad SMARTS) is 1. The van der Waals surface area contributed by atoms with Gasteiger partial charge in [0.15, 0.2) is 6.73 Å². The molecule has 3 heterocycles. The highest BCUT2D eigenvalue weighted by atomic mass is 19.4. The third-order valence-corrected chi connectivity index (χ3v) is 9.17. The summed E-state index contributed by atoms with van der Waals surface area (Å²) in [5, 5.41) is 10.00. The van der Waals surface area contributed by atoms with Crippen molar-refractivity contribution in [3.63, 3.8) is 0 Å². The molecule has 0 bridgehead atoms. The third-order valence-electron chi connectivity index (χ3n) is 9.17. The van der Waals surface area contributed by atoms with Crippen molar-refractivity contribution in [1.82, 2.24) is 9.80 Å². The van der Waals surface area contributed by atoms with Crippen LogP contribution in [-0.4, -0.2) is 64.9 Å². The van der Waals surface area contributed by atoms with E-state index in [1.165, 1.54) is 23.1 Å². The minimum Gasteiger partial charge on any atom is -0.481 e. The molecule has 4 aliphatic rings. The molecule has 1 N–H and O–H groups in total. The number of fused-ring (bicyclic) bond motifs is 1. The molecule has 4 atom stereocenters. The van der Waals surface area contributed by atoms with Gasteiger partial charge in [-0.05, 0) is 86.4 Å². The lowest BCUT2D eigenvalue weighted by Gasteiger charge is -2.47. The highest BCUT2D eigenvalue weighted by Crippen LogP contribution is 2.49. The second-order valence-electron chi connectivity index (χ2n) is 11.7. The summed E-state index contributed by atoms with van der Waals surface area (Å²) in [7, 11) is 0. The summed E-state index contributed by atoms with van der Waals surface area (Å²) in [6.45, 7) is 1.20. The second kappa shape index (κ2) is 10.6. The number of carboxylic acids is 1. The summed E-state index contributed by atoms with van der Waals surface area (Å²) in [6, 6.07) is 9.25. The van der Waals surface area contributed by atoms with Gasteiger partial charge in [0.1, 0.15) is 17.2 Å². The topological polar surface area (TPSA) is 79.3 Å². The Kier molecular flexibility index (Phi) is 7.22. The van der Waals surface area contributed by atoms with E-state index in [1.54, 1.807) is 12.1 Å². The van der Waals surface area contributed by atoms with Crippen molar-refractivity contribution in [2.75, 3.05) is 26.4 Å². The molecule has 0 aromatic heterocycles. The predicted molar refractivity (Wildman–Crippen MR) is 138 cm³/mol. The maximum atomic E-state index is 13.9. The van der Waals surface area contributed by atoms with E-state index in [4.69, 9.17) is 9.47 Å². The van der Waals surface area contributed by atoms with E-state index >= 15 is 0 Å². The normalized spacial score (nSPS) is 29.0. The summed E-state index contributed by atoms with van der Waals surface area (Å²) in [6.07, 6.45) is -1.13. The molecule has 7 nitrogen and oxygen atoms in total. The van der Waals surface area contributed by atoms with Crippen LogP contribution in [0.3, 0.4) is 0 Å². The van der Waals surface area contributed by atoms with Gasteiger partial charge in [0.2, 0.25) is 0 Å². The van der Waals surface area contributed by atoms with Crippen LogP contribution in [0.25, 0.3) is 0 Å². The van der Waals surface area contributed by atoms with Crippen LogP contribution in [0.4, 0.5) is 17.6 Å². The zero-order valence-corrected chi connectivity index (χ0v) is 22.4. The molecule has 2 aromatic rings. The second-order valence-corrected chi connectivity index (χ2v) is 11.7. The summed E-state index contributed by atoms with van der Waals surface area (Å²) in [5.74, 6) is -2.03.